The van der Waals surface area contributed by atoms with Gasteiger partial charge in [0.1, 0.15) is 9.75 Å². The highest BCUT2D eigenvalue weighted by Crippen LogP contribution is 2.69. The second kappa shape index (κ2) is 12.2. The molecule has 1 saturated heterocycles. The SMILES string of the molecule is Cc1ccc(NC(=O)c2cccc(NC(=O)CCCCCN3C(=O)[C@@H]4[C@@H](C3=O)C3(Cl)c5ccccc5C4(Cl)c4ccccc43)c2)c(C)c1. The van der Waals surface area contributed by atoms with Crippen LogP contribution in [0.4, 0.5) is 11.4 Å². The predicted octanol–water partition coefficient (Wildman–Crippen LogP) is 7.65. The van der Waals surface area contributed by atoms with Gasteiger partial charge in [-0.15, -0.1) is 23.2 Å². The molecule has 1 heterocycles. The van der Waals surface area contributed by atoms with Gasteiger partial charge in [-0.3, -0.25) is 24.1 Å². The molecule has 4 aromatic rings. The van der Waals surface area contributed by atoms with E-state index in [1.165, 1.54) is 4.90 Å². The highest BCUT2D eigenvalue weighted by Gasteiger charge is 2.72. The van der Waals surface area contributed by atoms with E-state index >= 15 is 0 Å². The van der Waals surface area contributed by atoms with Crippen molar-refractivity contribution in [3.63, 3.8) is 0 Å². The molecule has 4 aliphatic rings. The van der Waals surface area contributed by atoms with E-state index in [0.717, 1.165) is 39.1 Å². The number of likely N-dealkylation sites (tertiary alicyclic amines) is 1. The van der Waals surface area contributed by atoms with E-state index in [1.54, 1.807) is 24.3 Å². The highest BCUT2D eigenvalue weighted by molar-refractivity contribution is 6.36. The molecule has 9 heteroatoms. The first-order valence-corrected chi connectivity index (χ1v) is 17.0. The molecule has 4 amide bonds. The van der Waals surface area contributed by atoms with E-state index in [9.17, 15) is 19.2 Å². The van der Waals surface area contributed by atoms with Crippen LogP contribution >= 0.6 is 23.2 Å². The first-order valence-electron chi connectivity index (χ1n) is 16.3. The van der Waals surface area contributed by atoms with Gasteiger partial charge in [-0.2, -0.15) is 0 Å². The number of nitrogens with zero attached hydrogens (tertiary/aromatic N) is 1. The first kappa shape index (κ1) is 32.1. The topological polar surface area (TPSA) is 95.6 Å². The summed E-state index contributed by atoms with van der Waals surface area (Å²) in [5.74, 6) is -2.65. The van der Waals surface area contributed by atoms with Gasteiger partial charge in [-0.25, -0.2) is 0 Å². The maximum Gasteiger partial charge on any atom is 0.255 e. The van der Waals surface area contributed by atoms with Gasteiger partial charge in [0.15, 0.2) is 0 Å². The minimum Gasteiger partial charge on any atom is -0.326 e. The summed E-state index contributed by atoms with van der Waals surface area (Å²) >= 11 is 15.0. The standard InChI is InChI=1S/C39H35Cl2N3O4/c1-23-18-19-31(24(2)21-23)43-35(46)25-11-10-12-26(22-25)42-32(45)17-4-3-9-20-44-36(47)33-34(37(44)48)39(41)28-14-6-5-13-27(28)38(33,40)29-15-7-8-16-30(29)39/h5-8,10-16,18-19,21-22,33-34H,3-4,9,17,20H2,1-2H3,(H,42,45)(H,43,46)/t33-,34-,38?,39?/m0/s1. The summed E-state index contributed by atoms with van der Waals surface area (Å²) < 4.78 is 0. The number of amides is 4. The number of benzene rings is 4. The van der Waals surface area contributed by atoms with Crippen molar-refractivity contribution in [1.82, 2.24) is 4.90 Å². The number of carbonyl (C=O) groups is 4. The Morgan fingerprint density at radius 2 is 1.29 bits per heavy atom. The number of nitrogens with one attached hydrogen (secondary N) is 2. The number of hydrogen-bond acceptors (Lipinski definition) is 4. The van der Waals surface area contributed by atoms with Gasteiger partial charge in [-0.05, 0) is 78.8 Å². The van der Waals surface area contributed by atoms with Crippen LogP contribution in [0.5, 0.6) is 0 Å². The Balaban J connectivity index is 0.954. The Morgan fingerprint density at radius 3 is 1.85 bits per heavy atom. The summed E-state index contributed by atoms with van der Waals surface area (Å²) in [6.07, 6.45) is 2.00. The monoisotopic (exact) mass is 679 g/mol. The Labute approximate surface area is 289 Å². The van der Waals surface area contributed by atoms with Gasteiger partial charge in [-0.1, -0.05) is 78.7 Å². The number of anilines is 2. The Hall–Kier alpha value is -4.46. The van der Waals surface area contributed by atoms with Crippen LogP contribution in [-0.4, -0.2) is 35.1 Å². The van der Waals surface area contributed by atoms with E-state index in [1.807, 2.05) is 80.6 Å². The minimum atomic E-state index is -1.19. The molecule has 48 heavy (non-hydrogen) atoms. The van der Waals surface area contributed by atoms with Gasteiger partial charge >= 0.3 is 0 Å². The number of halogens is 2. The number of rotatable bonds is 9. The van der Waals surface area contributed by atoms with Crippen molar-refractivity contribution < 1.29 is 19.2 Å². The minimum absolute atomic E-state index is 0.179. The molecule has 0 saturated carbocycles. The summed E-state index contributed by atoms with van der Waals surface area (Å²) in [7, 11) is 0. The van der Waals surface area contributed by atoms with Gasteiger partial charge in [0.25, 0.3) is 5.91 Å². The average Bonchev–Trinajstić information content (AvgIpc) is 3.34. The third-order valence-corrected chi connectivity index (χ3v) is 11.3. The zero-order valence-electron chi connectivity index (χ0n) is 26.7. The van der Waals surface area contributed by atoms with Crippen LogP contribution in [0.1, 0.15) is 69.4 Å². The molecular formula is C39H35Cl2N3O4. The van der Waals surface area contributed by atoms with E-state index in [2.05, 4.69) is 10.6 Å². The zero-order chi connectivity index (χ0) is 33.8. The van der Waals surface area contributed by atoms with Crippen molar-refractivity contribution in [2.45, 2.75) is 49.3 Å². The fourth-order valence-corrected chi connectivity index (χ4v) is 8.89. The van der Waals surface area contributed by atoms with Crippen LogP contribution in [0.25, 0.3) is 0 Å². The first-order chi connectivity index (χ1) is 23.0. The number of aryl methyl sites for hydroxylation is 2. The zero-order valence-corrected chi connectivity index (χ0v) is 28.2. The molecule has 3 aliphatic carbocycles. The van der Waals surface area contributed by atoms with E-state index < -0.39 is 21.6 Å². The summed E-state index contributed by atoms with van der Waals surface area (Å²) in [4.78, 5) is 52.5. The van der Waals surface area contributed by atoms with Crippen LogP contribution in [0, 0.1) is 25.7 Å². The summed E-state index contributed by atoms with van der Waals surface area (Å²) in [5.41, 5.74) is 6.92. The van der Waals surface area contributed by atoms with Crippen molar-refractivity contribution in [1.29, 1.82) is 0 Å². The Kier molecular flexibility index (Phi) is 8.17. The van der Waals surface area contributed by atoms with Crippen LogP contribution in [0.3, 0.4) is 0 Å². The lowest BCUT2D eigenvalue weighted by molar-refractivity contribution is -0.140. The summed E-state index contributed by atoms with van der Waals surface area (Å²) in [6.45, 7) is 4.17. The maximum absolute atomic E-state index is 14.0. The molecule has 1 fully saturated rings. The fraction of sp³-hybridized carbons (Fsp3) is 0.282. The molecule has 7 nitrogen and oxygen atoms in total. The lowest BCUT2D eigenvalue weighted by Crippen LogP contribution is -2.57. The van der Waals surface area contributed by atoms with E-state index in [4.69, 9.17) is 23.2 Å². The lowest BCUT2D eigenvalue weighted by Gasteiger charge is -2.54. The second-order valence-electron chi connectivity index (χ2n) is 13.0. The molecule has 2 bridgehead atoms. The third kappa shape index (κ3) is 5.03. The fourth-order valence-electron chi connectivity index (χ4n) is 7.79. The molecule has 0 radical (unpaired) electrons. The number of alkyl halides is 2. The number of unbranched alkanes of at least 4 members (excludes halogenated alkanes) is 2. The summed E-state index contributed by atoms with van der Waals surface area (Å²) in [5, 5.41) is 5.81. The normalized spacial score (nSPS) is 23.4. The molecule has 0 unspecified atom stereocenters. The van der Waals surface area contributed by atoms with Crippen molar-refractivity contribution in [2.75, 3.05) is 17.2 Å². The van der Waals surface area contributed by atoms with Crippen molar-refractivity contribution in [2.24, 2.45) is 11.8 Å². The van der Waals surface area contributed by atoms with Crippen molar-refractivity contribution in [3.05, 3.63) is 130 Å². The molecule has 0 spiro atoms. The quantitative estimate of drug-likeness (QED) is 0.108. The molecule has 1 aliphatic heterocycles. The Morgan fingerprint density at radius 1 is 0.708 bits per heavy atom. The summed E-state index contributed by atoms with van der Waals surface area (Å²) in [6, 6.07) is 27.8. The molecule has 2 N–H and O–H groups in total. The molecule has 0 aromatic heterocycles. The van der Waals surface area contributed by atoms with Crippen LogP contribution < -0.4 is 10.6 Å². The van der Waals surface area contributed by atoms with Crippen LogP contribution in [-0.2, 0) is 24.1 Å². The second-order valence-corrected chi connectivity index (χ2v) is 14.2. The van der Waals surface area contributed by atoms with Crippen LogP contribution in [0.2, 0.25) is 0 Å². The van der Waals surface area contributed by atoms with Gasteiger partial charge < -0.3 is 10.6 Å². The number of imide groups is 1. The molecule has 2 atom stereocenters. The average molecular weight is 681 g/mol. The maximum atomic E-state index is 14.0. The Bertz CT molecular complexity index is 1870. The van der Waals surface area contributed by atoms with Crippen molar-refractivity contribution in [3.8, 4) is 0 Å². The van der Waals surface area contributed by atoms with Crippen LogP contribution in [0.15, 0.2) is 91.0 Å². The highest BCUT2D eigenvalue weighted by atomic mass is 35.5. The number of carbonyl (C=O) groups excluding carboxylic acids is 4. The molecular weight excluding hydrogens is 645 g/mol. The molecule has 8 rings (SSSR count). The van der Waals surface area contributed by atoms with E-state index in [-0.39, 0.29) is 36.6 Å². The number of hydrogen-bond donors (Lipinski definition) is 2. The van der Waals surface area contributed by atoms with Gasteiger partial charge in [0.2, 0.25) is 17.7 Å². The lowest BCUT2D eigenvalue weighted by atomic mass is 9.54. The largest absolute Gasteiger partial charge is 0.326 e. The molecule has 244 valence electrons. The van der Waals surface area contributed by atoms with E-state index in [0.29, 0.717) is 30.5 Å². The third-order valence-electron chi connectivity index (χ3n) is 10.0. The van der Waals surface area contributed by atoms with Gasteiger partial charge in [0.05, 0.1) is 11.8 Å². The molecule has 4 aromatic carbocycles. The smallest absolute Gasteiger partial charge is 0.255 e. The van der Waals surface area contributed by atoms with Gasteiger partial charge in [0, 0.05) is 29.9 Å². The van der Waals surface area contributed by atoms with Crippen molar-refractivity contribution >= 4 is 58.2 Å². The predicted molar refractivity (Wildman–Crippen MR) is 187 cm³/mol.